The lowest BCUT2D eigenvalue weighted by Crippen LogP contribution is -1.98. The minimum Gasteiger partial charge on any atom is -0.488 e. The first-order valence-electron chi connectivity index (χ1n) is 7.96. The van der Waals surface area contributed by atoms with Gasteiger partial charge in [-0.25, -0.2) is 0 Å². The number of nitriles is 1. The van der Waals surface area contributed by atoms with Crippen LogP contribution < -0.4 is 15.2 Å². The van der Waals surface area contributed by atoms with Gasteiger partial charge in [0, 0.05) is 6.54 Å². The van der Waals surface area contributed by atoms with Crippen LogP contribution in [0.2, 0.25) is 0 Å². The summed E-state index contributed by atoms with van der Waals surface area (Å²) in [7, 11) is 0. The van der Waals surface area contributed by atoms with Gasteiger partial charge in [0.2, 0.25) is 0 Å². The summed E-state index contributed by atoms with van der Waals surface area (Å²) >= 11 is 0. The molecular formula is C21H18N2O2. The summed E-state index contributed by atoms with van der Waals surface area (Å²) in [5.74, 6) is 2.06. The lowest BCUT2D eigenvalue weighted by Gasteiger charge is -2.10. The van der Waals surface area contributed by atoms with Crippen molar-refractivity contribution in [3.8, 4) is 23.3 Å². The molecule has 0 heterocycles. The predicted molar refractivity (Wildman–Crippen MR) is 96.3 cm³/mol. The average molecular weight is 330 g/mol. The van der Waals surface area contributed by atoms with Crippen LogP contribution in [0, 0.1) is 11.3 Å². The second-order valence-corrected chi connectivity index (χ2v) is 5.49. The summed E-state index contributed by atoms with van der Waals surface area (Å²) in [4.78, 5) is 0. The Morgan fingerprint density at radius 1 is 0.840 bits per heavy atom. The van der Waals surface area contributed by atoms with E-state index in [4.69, 9.17) is 20.5 Å². The number of para-hydroxylation sites is 1. The van der Waals surface area contributed by atoms with Crippen molar-refractivity contribution in [3.05, 3.63) is 89.5 Å². The molecule has 0 fully saturated rings. The van der Waals surface area contributed by atoms with Crippen LogP contribution in [0.4, 0.5) is 0 Å². The summed E-state index contributed by atoms with van der Waals surface area (Å²) in [5.41, 5.74) is 8.15. The van der Waals surface area contributed by atoms with Gasteiger partial charge in [-0.15, -0.1) is 0 Å². The number of nitrogens with zero attached hydrogens (tertiary/aromatic N) is 1. The Bertz CT molecular complexity index is 883. The van der Waals surface area contributed by atoms with Crippen LogP contribution in [0.5, 0.6) is 17.2 Å². The maximum Gasteiger partial charge on any atom is 0.137 e. The molecule has 0 aliphatic rings. The summed E-state index contributed by atoms with van der Waals surface area (Å²) in [6.07, 6.45) is 0. The maximum absolute atomic E-state index is 9.10. The van der Waals surface area contributed by atoms with Gasteiger partial charge in [-0.2, -0.15) is 5.26 Å². The second kappa shape index (κ2) is 8.00. The molecule has 0 saturated heterocycles. The van der Waals surface area contributed by atoms with Crippen LogP contribution in [-0.2, 0) is 13.2 Å². The van der Waals surface area contributed by atoms with E-state index in [2.05, 4.69) is 6.07 Å². The quantitative estimate of drug-likeness (QED) is 0.728. The molecule has 3 aromatic carbocycles. The molecule has 0 aromatic heterocycles. The second-order valence-electron chi connectivity index (χ2n) is 5.49. The third-order valence-corrected chi connectivity index (χ3v) is 3.70. The van der Waals surface area contributed by atoms with Crippen LogP contribution in [0.3, 0.4) is 0 Å². The maximum atomic E-state index is 9.10. The van der Waals surface area contributed by atoms with E-state index >= 15 is 0 Å². The first-order chi connectivity index (χ1) is 12.3. The SMILES string of the molecule is N#Cc1ccccc1OCc1cccc(Oc2ccc(CN)cc2)c1. The zero-order valence-corrected chi connectivity index (χ0v) is 13.7. The largest absolute Gasteiger partial charge is 0.488 e. The molecule has 3 aromatic rings. The molecule has 25 heavy (non-hydrogen) atoms. The highest BCUT2D eigenvalue weighted by Crippen LogP contribution is 2.24. The number of ether oxygens (including phenoxy) is 2. The molecule has 0 unspecified atom stereocenters. The zero-order valence-electron chi connectivity index (χ0n) is 13.7. The molecule has 2 N–H and O–H groups in total. The van der Waals surface area contributed by atoms with E-state index in [-0.39, 0.29) is 0 Å². The number of hydrogen-bond acceptors (Lipinski definition) is 4. The van der Waals surface area contributed by atoms with E-state index in [0.29, 0.717) is 24.5 Å². The van der Waals surface area contributed by atoms with Crippen LogP contribution in [0.1, 0.15) is 16.7 Å². The predicted octanol–water partition coefficient (Wildman–Crippen LogP) is 4.39. The van der Waals surface area contributed by atoms with E-state index in [9.17, 15) is 0 Å². The average Bonchev–Trinajstić information content (AvgIpc) is 2.67. The Morgan fingerprint density at radius 3 is 2.40 bits per heavy atom. The first-order valence-corrected chi connectivity index (χ1v) is 7.96. The molecule has 0 bridgehead atoms. The summed E-state index contributed by atoms with van der Waals surface area (Å²) < 4.78 is 11.6. The topological polar surface area (TPSA) is 68.3 Å². The molecular weight excluding hydrogens is 312 g/mol. The van der Waals surface area contributed by atoms with Gasteiger partial charge < -0.3 is 15.2 Å². The third-order valence-electron chi connectivity index (χ3n) is 3.70. The van der Waals surface area contributed by atoms with E-state index < -0.39 is 0 Å². The van der Waals surface area contributed by atoms with E-state index in [1.165, 1.54) is 0 Å². The van der Waals surface area contributed by atoms with Crippen molar-refractivity contribution in [1.82, 2.24) is 0 Å². The van der Waals surface area contributed by atoms with E-state index in [1.54, 1.807) is 12.1 Å². The fourth-order valence-electron chi connectivity index (χ4n) is 2.37. The minimum atomic E-state index is 0.363. The molecule has 124 valence electrons. The fraction of sp³-hybridized carbons (Fsp3) is 0.0952. The zero-order chi connectivity index (χ0) is 17.5. The fourth-order valence-corrected chi connectivity index (χ4v) is 2.37. The summed E-state index contributed by atoms with van der Waals surface area (Å²) in [6.45, 7) is 0.874. The summed E-state index contributed by atoms with van der Waals surface area (Å²) in [6, 6.07) is 24.7. The Morgan fingerprint density at radius 2 is 1.64 bits per heavy atom. The molecule has 0 spiro atoms. The molecule has 0 aliphatic carbocycles. The van der Waals surface area contributed by atoms with Crippen molar-refractivity contribution < 1.29 is 9.47 Å². The number of rotatable bonds is 6. The molecule has 4 heteroatoms. The van der Waals surface area contributed by atoms with E-state index in [0.717, 1.165) is 22.6 Å². The molecule has 4 nitrogen and oxygen atoms in total. The van der Waals surface area contributed by atoms with Gasteiger partial charge in [0.25, 0.3) is 0 Å². The van der Waals surface area contributed by atoms with Crippen molar-refractivity contribution in [2.24, 2.45) is 5.73 Å². The Labute approximate surface area is 147 Å². The van der Waals surface area contributed by atoms with Gasteiger partial charge >= 0.3 is 0 Å². The van der Waals surface area contributed by atoms with Gasteiger partial charge in [-0.05, 0) is 47.5 Å². The standard InChI is InChI=1S/C21H18N2O2/c22-13-16-8-10-19(11-9-16)25-20-6-3-4-17(12-20)15-24-21-7-2-1-5-18(21)14-23/h1-12H,13,15,22H2. The van der Waals surface area contributed by atoms with Gasteiger partial charge in [-0.3, -0.25) is 0 Å². The molecule has 0 aliphatic heterocycles. The summed E-state index contributed by atoms with van der Waals surface area (Å²) in [5, 5.41) is 9.10. The van der Waals surface area contributed by atoms with Crippen LogP contribution in [-0.4, -0.2) is 0 Å². The van der Waals surface area contributed by atoms with Gasteiger partial charge in [0.1, 0.15) is 29.9 Å². The molecule has 0 atom stereocenters. The van der Waals surface area contributed by atoms with Crippen molar-refractivity contribution in [2.75, 3.05) is 0 Å². The van der Waals surface area contributed by atoms with Crippen LogP contribution in [0.15, 0.2) is 72.8 Å². The number of benzene rings is 3. The van der Waals surface area contributed by atoms with Crippen molar-refractivity contribution >= 4 is 0 Å². The van der Waals surface area contributed by atoms with Gasteiger partial charge in [0.05, 0.1) is 5.56 Å². The highest BCUT2D eigenvalue weighted by Gasteiger charge is 2.04. The van der Waals surface area contributed by atoms with Crippen molar-refractivity contribution in [2.45, 2.75) is 13.2 Å². The normalized spacial score (nSPS) is 10.1. The monoisotopic (exact) mass is 330 g/mol. The van der Waals surface area contributed by atoms with Crippen molar-refractivity contribution in [1.29, 1.82) is 5.26 Å². The lowest BCUT2D eigenvalue weighted by molar-refractivity contribution is 0.304. The Kier molecular flexibility index (Phi) is 5.30. The van der Waals surface area contributed by atoms with Crippen LogP contribution >= 0.6 is 0 Å². The molecule has 0 saturated carbocycles. The lowest BCUT2D eigenvalue weighted by atomic mass is 10.2. The molecule has 0 radical (unpaired) electrons. The highest BCUT2D eigenvalue weighted by molar-refractivity contribution is 5.43. The van der Waals surface area contributed by atoms with Gasteiger partial charge in [-0.1, -0.05) is 36.4 Å². The number of nitrogens with two attached hydrogens (primary N) is 1. The molecule has 0 amide bonds. The Hall–Kier alpha value is -3.29. The highest BCUT2D eigenvalue weighted by atomic mass is 16.5. The Balaban J connectivity index is 1.67. The first kappa shape index (κ1) is 16.6. The minimum absolute atomic E-state index is 0.363. The van der Waals surface area contributed by atoms with Gasteiger partial charge in [0.15, 0.2) is 0 Å². The number of hydrogen-bond donors (Lipinski definition) is 1. The van der Waals surface area contributed by atoms with E-state index in [1.807, 2.05) is 60.7 Å². The van der Waals surface area contributed by atoms with Crippen molar-refractivity contribution in [3.63, 3.8) is 0 Å². The smallest absolute Gasteiger partial charge is 0.137 e. The third kappa shape index (κ3) is 4.37. The molecule has 3 rings (SSSR count). The van der Waals surface area contributed by atoms with Crippen LogP contribution in [0.25, 0.3) is 0 Å².